The van der Waals surface area contributed by atoms with Gasteiger partial charge in [-0.3, -0.25) is 4.79 Å². The van der Waals surface area contributed by atoms with Crippen molar-refractivity contribution < 1.29 is 13.9 Å². The molecule has 2 aromatic carbocycles. The summed E-state index contributed by atoms with van der Waals surface area (Å²) in [6, 6.07) is 14.9. The fourth-order valence-corrected chi connectivity index (χ4v) is 2.41. The number of pyridine rings is 1. The monoisotopic (exact) mass is 351 g/mol. The standard InChI is InChI=1S/C20H18FN3O2/c1-13-3-10-19(26-2)18(11-13)24-20(25)17-9-8-16(12-22-17)23-15-6-4-14(21)5-7-15/h3-12,23H,1-2H3,(H,24,25). The van der Waals surface area contributed by atoms with E-state index < -0.39 is 0 Å². The summed E-state index contributed by atoms with van der Waals surface area (Å²) >= 11 is 0. The fraction of sp³-hybridized carbons (Fsp3) is 0.100. The zero-order valence-corrected chi connectivity index (χ0v) is 14.4. The molecular formula is C20H18FN3O2. The number of hydrogen-bond donors (Lipinski definition) is 2. The molecule has 6 heteroatoms. The van der Waals surface area contributed by atoms with Crippen LogP contribution in [0.1, 0.15) is 16.1 Å². The Hall–Kier alpha value is -3.41. The van der Waals surface area contributed by atoms with Crippen LogP contribution in [-0.2, 0) is 0 Å². The SMILES string of the molecule is COc1ccc(C)cc1NC(=O)c1ccc(Nc2ccc(F)cc2)cn1. The maximum Gasteiger partial charge on any atom is 0.274 e. The van der Waals surface area contributed by atoms with Crippen LogP contribution in [0.4, 0.5) is 21.5 Å². The first-order valence-corrected chi connectivity index (χ1v) is 8.00. The van der Waals surface area contributed by atoms with Gasteiger partial charge < -0.3 is 15.4 Å². The van der Waals surface area contributed by atoms with Gasteiger partial charge in [0, 0.05) is 5.69 Å². The predicted octanol–water partition coefficient (Wildman–Crippen LogP) is 4.53. The average molecular weight is 351 g/mol. The molecule has 1 aromatic heterocycles. The molecule has 3 rings (SSSR count). The number of benzene rings is 2. The molecule has 132 valence electrons. The van der Waals surface area contributed by atoms with E-state index in [2.05, 4.69) is 15.6 Å². The number of nitrogens with zero attached hydrogens (tertiary/aromatic N) is 1. The van der Waals surface area contributed by atoms with E-state index in [1.807, 2.05) is 19.1 Å². The summed E-state index contributed by atoms with van der Waals surface area (Å²) in [4.78, 5) is 16.6. The van der Waals surface area contributed by atoms with E-state index in [0.717, 1.165) is 11.3 Å². The topological polar surface area (TPSA) is 63.2 Å². The molecule has 0 saturated carbocycles. The third-order valence-electron chi connectivity index (χ3n) is 3.73. The van der Waals surface area contributed by atoms with Crippen LogP contribution in [0.5, 0.6) is 5.75 Å². The Bertz CT molecular complexity index is 909. The molecule has 0 fully saturated rings. The molecule has 0 unspecified atom stereocenters. The Labute approximate surface area is 150 Å². The zero-order valence-electron chi connectivity index (χ0n) is 14.4. The molecule has 26 heavy (non-hydrogen) atoms. The normalized spacial score (nSPS) is 10.3. The van der Waals surface area contributed by atoms with Crippen molar-refractivity contribution in [2.75, 3.05) is 17.7 Å². The van der Waals surface area contributed by atoms with Gasteiger partial charge in [0.05, 0.1) is 24.7 Å². The summed E-state index contributed by atoms with van der Waals surface area (Å²) in [6.45, 7) is 1.93. The van der Waals surface area contributed by atoms with Crippen molar-refractivity contribution in [2.45, 2.75) is 6.92 Å². The van der Waals surface area contributed by atoms with Gasteiger partial charge in [-0.15, -0.1) is 0 Å². The van der Waals surface area contributed by atoms with Crippen molar-refractivity contribution in [1.29, 1.82) is 0 Å². The zero-order chi connectivity index (χ0) is 18.5. The van der Waals surface area contributed by atoms with Gasteiger partial charge in [-0.2, -0.15) is 0 Å². The molecule has 0 spiro atoms. The number of methoxy groups -OCH3 is 1. The van der Waals surface area contributed by atoms with E-state index in [1.165, 1.54) is 12.1 Å². The van der Waals surface area contributed by atoms with Crippen molar-refractivity contribution >= 4 is 23.0 Å². The molecule has 0 saturated heterocycles. The van der Waals surface area contributed by atoms with Gasteiger partial charge in [0.1, 0.15) is 17.3 Å². The van der Waals surface area contributed by atoms with E-state index in [9.17, 15) is 9.18 Å². The molecular weight excluding hydrogens is 333 g/mol. The second-order valence-electron chi connectivity index (χ2n) is 5.72. The second kappa shape index (κ2) is 7.65. The largest absolute Gasteiger partial charge is 0.495 e. The minimum atomic E-state index is -0.331. The Morgan fingerprint density at radius 3 is 2.42 bits per heavy atom. The van der Waals surface area contributed by atoms with Crippen LogP contribution in [0, 0.1) is 12.7 Å². The highest BCUT2D eigenvalue weighted by Crippen LogP contribution is 2.25. The van der Waals surface area contributed by atoms with E-state index >= 15 is 0 Å². The van der Waals surface area contributed by atoms with Gasteiger partial charge in [-0.25, -0.2) is 9.37 Å². The van der Waals surface area contributed by atoms with E-state index in [1.54, 1.807) is 43.6 Å². The summed E-state index contributed by atoms with van der Waals surface area (Å²) in [5, 5.41) is 5.90. The van der Waals surface area contributed by atoms with Gasteiger partial charge in [0.25, 0.3) is 5.91 Å². The minimum absolute atomic E-state index is 0.276. The third kappa shape index (κ3) is 4.16. The average Bonchev–Trinajstić information content (AvgIpc) is 2.64. The molecule has 1 heterocycles. The lowest BCUT2D eigenvalue weighted by Gasteiger charge is -2.11. The van der Waals surface area contributed by atoms with Crippen LogP contribution < -0.4 is 15.4 Å². The van der Waals surface area contributed by atoms with Crippen LogP contribution in [0.2, 0.25) is 0 Å². The molecule has 1 amide bonds. The van der Waals surface area contributed by atoms with Gasteiger partial charge in [0.15, 0.2) is 0 Å². The second-order valence-corrected chi connectivity index (χ2v) is 5.72. The molecule has 2 N–H and O–H groups in total. The Balaban J connectivity index is 1.71. The number of aryl methyl sites for hydroxylation is 1. The number of nitrogens with one attached hydrogen (secondary N) is 2. The van der Waals surface area contributed by atoms with Crippen molar-refractivity contribution in [3.63, 3.8) is 0 Å². The highest BCUT2D eigenvalue weighted by Gasteiger charge is 2.11. The summed E-state index contributed by atoms with van der Waals surface area (Å²) in [5.41, 5.74) is 3.30. The third-order valence-corrected chi connectivity index (χ3v) is 3.73. The highest BCUT2D eigenvalue weighted by atomic mass is 19.1. The first-order valence-electron chi connectivity index (χ1n) is 8.00. The fourth-order valence-electron chi connectivity index (χ4n) is 2.41. The van der Waals surface area contributed by atoms with Crippen LogP contribution in [0.15, 0.2) is 60.8 Å². The van der Waals surface area contributed by atoms with E-state index in [4.69, 9.17) is 4.74 Å². The molecule has 0 radical (unpaired) electrons. The van der Waals surface area contributed by atoms with Gasteiger partial charge in [-0.1, -0.05) is 6.07 Å². The van der Waals surface area contributed by atoms with E-state index in [0.29, 0.717) is 17.1 Å². The predicted molar refractivity (Wildman–Crippen MR) is 99.6 cm³/mol. The quantitative estimate of drug-likeness (QED) is 0.709. The highest BCUT2D eigenvalue weighted by molar-refractivity contribution is 6.03. The Morgan fingerprint density at radius 2 is 1.77 bits per heavy atom. The summed E-state index contributed by atoms with van der Waals surface area (Å²) in [5.74, 6) is -0.0481. The molecule has 3 aromatic rings. The molecule has 0 aliphatic heterocycles. The maximum absolute atomic E-state index is 12.9. The maximum atomic E-state index is 12.9. The molecule has 0 bridgehead atoms. The Kier molecular flexibility index (Phi) is 5.12. The first-order chi connectivity index (χ1) is 12.5. The first kappa shape index (κ1) is 17.4. The van der Waals surface area contributed by atoms with Crippen LogP contribution in [0.25, 0.3) is 0 Å². The molecule has 0 aliphatic carbocycles. The smallest absolute Gasteiger partial charge is 0.274 e. The van der Waals surface area contributed by atoms with Crippen molar-refractivity contribution in [3.05, 3.63) is 77.9 Å². The summed E-state index contributed by atoms with van der Waals surface area (Å²) in [6.07, 6.45) is 1.55. The van der Waals surface area contributed by atoms with Crippen molar-refractivity contribution in [2.24, 2.45) is 0 Å². The number of aromatic nitrogens is 1. The summed E-state index contributed by atoms with van der Waals surface area (Å²) < 4.78 is 18.2. The Morgan fingerprint density at radius 1 is 1.04 bits per heavy atom. The van der Waals surface area contributed by atoms with Gasteiger partial charge >= 0.3 is 0 Å². The van der Waals surface area contributed by atoms with E-state index in [-0.39, 0.29) is 17.4 Å². The molecule has 5 nitrogen and oxygen atoms in total. The summed E-state index contributed by atoms with van der Waals surface area (Å²) in [7, 11) is 1.55. The van der Waals surface area contributed by atoms with Gasteiger partial charge in [0.2, 0.25) is 0 Å². The minimum Gasteiger partial charge on any atom is -0.495 e. The number of ether oxygens (including phenoxy) is 1. The number of carbonyl (C=O) groups excluding carboxylic acids is 1. The number of halogens is 1. The molecule has 0 aliphatic rings. The lowest BCUT2D eigenvalue weighted by Crippen LogP contribution is -2.14. The van der Waals surface area contributed by atoms with Gasteiger partial charge in [-0.05, 0) is 61.0 Å². The molecule has 0 atom stereocenters. The number of rotatable bonds is 5. The number of anilines is 3. The van der Waals surface area contributed by atoms with Crippen LogP contribution >= 0.6 is 0 Å². The van der Waals surface area contributed by atoms with Crippen molar-refractivity contribution in [3.8, 4) is 5.75 Å². The lowest BCUT2D eigenvalue weighted by atomic mass is 10.2. The number of hydrogen-bond acceptors (Lipinski definition) is 4. The lowest BCUT2D eigenvalue weighted by molar-refractivity contribution is 0.102. The van der Waals surface area contributed by atoms with Crippen molar-refractivity contribution in [1.82, 2.24) is 4.98 Å². The number of amides is 1. The van der Waals surface area contributed by atoms with Crippen LogP contribution in [-0.4, -0.2) is 18.0 Å². The number of carbonyl (C=O) groups is 1. The van der Waals surface area contributed by atoms with Crippen LogP contribution in [0.3, 0.4) is 0 Å².